The molecule has 0 atom stereocenters. The van der Waals surface area contributed by atoms with Crippen LogP contribution in [0.15, 0.2) is 24.3 Å². The van der Waals surface area contributed by atoms with Gasteiger partial charge in [0.2, 0.25) is 0 Å². The van der Waals surface area contributed by atoms with Crippen LogP contribution in [0.5, 0.6) is 0 Å². The number of carbonyl (C=O) groups excluding carboxylic acids is 1. The van der Waals surface area contributed by atoms with E-state index in [9.17, 15) is 9.18 Å². The van der Waals surface area contributed by atoms with Crippen LogP contribution in [0.4, 0.5) is 4.39 Å². The first-order chi connectivity index (χ1) is 10.6. The molecule has 2 aromatic rings. The number of halogens is 1. The Morgan fingerprint density at radius 3 is 2.32 bits per heavy atom. The van der Waals surface area contributed by atoms with Gasteiger partial charge in [-0.15, -0.1) is 0 Å². The third-order valence-electron chi connectivity index (χ3n) is 6.35. The van der Waals surface area contributed by atoms with Crippen molar-refractivity contribution in [3.63, 3.8) is 0 Å². The van der Waals surface area contributed by atoms with E-state index in [1.807, 2.05) is 6.07 Å². The average molecular weight is 297 g/mol. The van der Waals surface area contributed by atoms with E-state index in [0.717, 1.165) is 47.9 Å². The Labute approximate surface area is 129 Å². The van der Waals surface area contributed by atoms with Gasteiger partial charge in [-0.05, 0) is 80.5 Å². The Morgan fingerprint density at radius 2 is 1.68 bits per heavy atom. The van der Waals surface area contributed by atoms with Gasteiger partial charge < -0.3 is 4.98 Å². The zero-order chi connectivity index (χ0) is 14.9. The molecule has 4 fully saturated rings. The van der Waals surface area contributed by atoms with Gasteiger partial charge >= 0.3 is 0 Å². The summed E-state index contributed by atoms with van der Waals surface area (Å²) in [5.41, 5.74) is 1.28. The predicted molar refractivity (Wildman–Crippen MR) is 83.2 cm³/mol. The van der Waals surface area contributed by atoms with E-state index < -0.39 is 0 Å². The van der Waals surface area contributed by atoms with E-state index in [4.69, 9.17) is 0 Å². The summed E-state index contributed by atoms with van der Waals surface area (Å²) in [5, 5.41) is 0.925. The maximum atomic E-state index is 13.4. The number of hydrogen-bond donors (Lipinski definition) is 1. The molecule has 0 radical (unpaired) electrons. The van der Waals surface area contributed by atoms with Crippen molar-refractivity contribution in [3.8, 4) is 0 Å². The lowest BCUT2D eigenvalue weighted by Crippen LogP contribution is -2.50. The van der Waals surface area contributed by atoms with E-state index in [-0.39, 0.29) is 17.0 Å². The fourth-order valence-electron chi connectivity index (χ4n) is 5.90. The van der Waals surface area contributed by atoms with Crippen LogP contribution in [0.25, 0.3) is 10.9 Å². The first-order valence-electron chi connectivity index (χ1n) is 8.44. The molecule has 4 aliphatic rings. The largest absolute Gasteiger partial charge is 0.352 e. The van der Waals surface area contributed by atoms with Crippen molar-refractivity contribution >= 4 is 16.7 Å². The second-order valence-electron chi connectivity index (χ2n) is 7.94. The Bertz CT molecular complexity index is 740. The molecule has 4 saturated carbocycles. The molecule has 1 N–H and O–H groups in total. The maximum Gasteiger partial charge on any atom is 0.185 e. The number of ketones is 1. The van der Waals surface area contributed by atoms with Gasteiger partial charge in [0, 0.05) is 16.3 Å². The predicted octanol–water partition coefficient (Wildman–Crippen LogP) is 4.71. The highest BCUT2D eigenvalue weighted by atomic mass is 19.1. The van der Waals surface area contributed by atoms with Gasteiger partial charge in [-0.25, -0.2) is 4.39 Å². The first kappa shape index (κ1) is 12.9. The number of Topliss-reactive ketones (excluding diaryl/α,β-unsaturated/α-hetero) is 1. The summed E-state index contributed by atoms with van der Waals surface area (Å²) >= 11 is 0. The van der Waals surface area contributed by atoms with E-state index in [1.165, 1.54) is 31.4 Å². The minimum absolute atomic E-state index is 0.131. The van der Waals surface area contributed by atoms with Gasteiger partial charge in [-0.3, -0.25) is 4.79 Å². The molecule has 114 valence electrons. The number of aromatic nitrogens is 1. The molecule has 3 heteroatoms. The molecule has 1 aromatic carbocycles. The minimum atomic E-state index is -0.261. The lowest BCUT2D eigenvalue weighted by Gasteiger charge is -2.55. The van der Waals surface area contributed by atoms with E-state index in [2.05, 4.69) is 4.98 Å². The molecule has 0 saturated heterocycles. The molecule has 0 aliphatic heterocycles. The topological polar surface area (TPSA) is 32.9 Å². The summed E-state index contributed by atoms with van der Waals surface area (Å²) in [7, 11) is 0. The van der Waals surface area contributed by atoms with Crippen LogP contribution in [0.1, 0.15) is 49.0 Å². The third kappa shape index (κ3) is 1.74. The molecular weight excluding hydrogens is 277 g/mol. The SMILES string of the molecule is O=C(c1cc2ccc(F)cc2[nH]1)C12CC3CC(CC(C3)C1)C2. The second kappa shape index (κ2) is 4.21. The van der Waals surface area contributed by atoms with Crippen LogP contribution >= 0.6 is 0 Å². The number of aromatic amines is 1. The fourth-order valence-corrected chi connectivity index (χ4v) is 5.90. The number of benzene rings is 1. The molecule has 1 heterocycles. The summed E-state index contributed by atoms with van der Waals surface area (Å²) < 4.78 is 13.4. The molecule has 1 aromatic heterocycles. The number of nitrogens with one attached hydrogen (secondary N) is 1. The van der Waals surface area contributed by atoms with Crippen molar-refractivity contribution in [1.29, 1.82) is 0 Å². The Morgan fingerprint density at radius 1 is 1.05 bits per heavy atom. The molecule has 4 aliphatic carbocycles. The standard InChI is InChI=1S/C19H20FNO/c20-15-2-1-14-6-17(21-16(14)7-15)18(22)19-8-11-3-12(9-19)5-13(4-11)10-19/h1-2,6-7,11-13,21H,3-5,8-10H2. The van der Waals surface area contributed by atoms with Crippen molar-refractivity contribution in [2.75, 3.05) is 0 Å². The van der Waals surface area contributed by atoms with Gasteiger partial charge in [0.15, 0.2) is 5.78 Å². The zero-order valence-corrected chi connectivity index (χ0v) is 12.6. The van der Waals surface area contributed by atoms with E-state index >= 15 is 0 Å². The van der Waals surface area contributed by atoms with Crippen LogP contribution < -0.4 is 0 Å². The molecule has 0 amide bonds. The third-order valence-corrected chi connectivity index (χ3v) is 6.35. The Balaban J connectivity index is 1.55. The van der Waals surface area contributed by atoms with Gasteiger partial charge in [0.1, 0.15) is 5.82 Å². The lowest BCUT2D eigenvalue weighted by atomic mass is 9.48. The summed E-state index contributed by atoms with van der Waals surface area (Å²) in [5.74, 6) is 2.30. The zero-order valence-electron chi connectivity index (χ0n) is 12.6. The summed E-state index contributed by atoms with van der Waals surface area (Å²) in [6.45, 7) is 0. The van der Waals surface area contributed by atoms with Crippen molar-refractivity contribution in [2.45, 2.75) is 38.5 Å². The highest BCUT2D eigenvalue weighted by Gasteiger charge is 2.54. The Kier molecular flexibility index (Phi) is 2.46. The first-order valence-corrected chi connectivity index (χ1v) is 8.44. The summed E-state index contributed by atoms with van der Waals surface area (Å²) in [4.78, 5) is 16.4. The average Bonchev–Trinajstić information content (AvgIpc) is 2.87. The van der Waals surface area contributed by atoms with Gasteiger partial charge in [0.25, 0.3) is 0 Å². The van der Waals surface area contributed by atoms with Crippen LogP contribution in [-0.2, 0) is 0 Å². The molecule has 6 rings (SSSR count). The van der Waals surface area contributed by atoms with Gasteiger partial charge in [-0.1, -0.05) is 0 Å². The van der Waals surface area contributed by atoms with E-state index in [1.54, 1.807) is 6.07 Å². The lowest BCUT2D eigenvalue weighted by molar-refractivity contribution is -0.0355. The number of H-pyrrole nitrogens is 1. The molecule has 4 bridgehead atoms. The number of rotatable bonds is 2. The van der Waals surface area contributed by atoms with Crippen LogP contribution in [0, 0.1) is 29.0 Å². The maximum absolute atomic E-state index is 13.4. The normalized spacial score (nSPS) is 36.1. The van der Waals surface area contributed by atoms with Crippen molar-refractivity contribution in [3.05, 3.63) is 35.8 Å². The Hall–Kier alpha value is -1.64. The van der Waals surface area contributed by atoms with Crippen molar-refractivity contribution < 1.29 is 9.18 Å². The van der Waals surface area contributed by atoms with Crippen LogP contribution in [0.3, 0.4) is 0 Å². The molecule has 22 heavy (non-hydrogen) atoms. The summed E-state index contributed by atoms with van der Waals surface area (Å²) in [6, 6.07) is 6.59. The van der Waals surface area contributed by atoms with E-state index in [0.29, 0.717) is 5.69 Å². The van der Waals surface area contributed by atoms with Gasteiger partial charge in [0.05, 0.1) is 5.69 Å². The summed E-state index contributed by atoms with van der Waals surface area (Å²) in [6.07, 6.45) is 7.23. The quantitative estimate of drug-likeness (QED) is 0.800. The number of hydrogen-bond acceptors (Lipinski definition) is 1. The number of fused-ring (bicyclic) bond motifs is 1. The van der Waals surface area contributed by atoms with Crippen LogP contribution in [-0.4, -0.2) is 10.8 Å². The smallest absolute Gasteiger partial charge is 0.185 e. The molecular formula is C19H20FNO. The monoisotopic (exact) mass is 297 g/mol. The highest BCUT2D eigenvalue weighted by Crippen LogP contribution is 2.60. The minimum Gasteiger partial charge on any atom is -0.352 e. The van der Waals surface area contributed by atoms with Crippen molar-refractivity contribution in [1.82, 2.24) is 4.98 Å². The molecule has 0 spiro atoms. The number of carbonyl (C=O) groups is 1. The van der Waals surface area contributed by atoms with Crippen molar-refractivity contribution in [2.24, 2.45) is 23.2 Å². The molecule has 2 nitrogen and oxygen atoms in total. The molecule has 0 unspecified atom stereocenters. The van der Waals surface area contributed by atoms with Gasteiger partial charge in [-0.2, -0.15) is 0 Å². The highest BCUT2D eigenvalue weighted by molar-refractivity contribution is 6.03. The van der Waals surface area contributed by atoms with Crippen LogP contribution in [0.2, 0.25) is 0 Å². The second-order valence-corrected chi connectivity index (χ2v) is 7.94. The fraction of sp³-hybridized carbons (Fsp3) is 0.526.